The number of para-hydroxylation sites is 1. The number of nitrogens with one attached hydrogen (secondary N) is 2. The number of hydrogen-bond donors (Lipinski definition) is 2. The molecule has 3 rings (SSSR count). The molecule has 0 aliphatic carbocycles. The second-order valence-electron chi connectivity index (χ2n) is 7.40. The highest BCUT2D eigenvalue weighted by Crippen LogP contribution is 2.26. The van der Waals surface area contributed by atoms with E-state index in [-0.39, 0.29) is 42.5 Å². The molecule has 2 atom stereocenters. The summed E-state index contributed by atoms with van der Waals surface area (Å²) in [6.07, 6.45) is 0.556. The van der Waals surface area contributed by atoms with Gasteiger partial charge in [0, 0.05) is 30.5 Å². The lowest BCUT2D eigenvalue weighted by Gasteiger charge is -2.21. The van der Waals surface area contributed by atoms with Gasteiger partial charge in [-0.15, -0.1) is 10.2 Å². The Labute approximate surface area is 173 Å². The van der Waals surface area contributed by atoms with Crippen LogP contribution in [0.4, 0.5) is 10.8 Å². The van der Waals surface area contributed by atoms with Crippen molar-refractivity contribution >= 4 is 39.9 Å². The molecular formula is C20H25N5O3S. The van der Waals surface area contributed by atoms with Crippen molar-refractivity contribution in [2.75, 3.05) is 10.2 Å². The highest BCUT2D eigenvalue weighted by atomic mass is 32.1. The van der Waals surface area contributed by atoms with Gasteiger partial charge in [0.15, 0.2) is 0 Å². The standard InChI is InChI=1S/C20H25N5O3S/c1-12(2)18-23-24-20(29-18)22-17(27)10-9-16(26)21-15-11-13(3)25(19(15)28)14-7-5-4-6-8-14/h4-8,12-13,15H,9-11H2,1-3H3,(H,21,26)(H,22,24,27)/t13-,15-/m0/s1. The number of benzene rings is 1. The third-order valence-corrected chi connectivity index (χ3v) is 5.82. The van der Waals surface area contributed by atoms with E-state index in [0.717, 1.165) is 10.7 Å². The molecule has 1 saturated heterocycles. The number of carbonyl (C=O) groups is 3. The van der Waals surface area contributed by atoms with Crippen molar-refractivity contribution in [1.29, 1.82) is 0 Å². The Morgan fingerprint density at radius 3 is 2.52 bits per heavy atom. The van der Waals surface area contributed by atoms with Crippen LogP contribution in [0.5, 0.6) is 0 Å². The Balaban J connectivity index is 1.48. The van der Waals surface area contributed by atoms with E-state index in [1.807, 2.05) is 51.1 Å². The second-order valence-corrected chi connectivity index (χ2v) is 8.41. The molecule has 0 spiro atoms. The van der Waals surface area contributed by atoms with Crippen molar-refractivity contribution < 1.29 is 14.4 Å². The summed E-state index contributed by atoms with van der Waals surface area (Å²) in [7, 11) is 0. The molecule has 8 nitrogen and oxygen atoms in total. The third kappa shape index (κ3) is 5.17. The van der Waals surface area contributed by atoms with Crippen LogP contribution in [0.1, 0.15) is 51.0 Å². The first kappa shape index (κ1) is 20.9. The largest absolute Gasteiger partial charge is 0.344 e. The summed E-state index contributed by atoms with van der Waals surface area (Å²) in [5, 5.41) is 14.6. The van der Waals surface area contributed by atoms with E-state index in [1.165, 1.54) is 11.3 Å². The number of amides is 3. The van der Waals surface area contributed by atoms with Crippen molar-refractivity contribution in [3.63, 3.8) is 0 Å². The number of carbonyl (C=O) groups excluding carboxylic acids is 3. The van der Waals surface area contributed by atoms with Crippen LogP contribution in [0, 0.1) is 0 Å². The summed E-state index contributed by atoms with van der Waals surface area (Å²) in [5.41, 5.74) is 0.818. The number of aromatic nitrogens is 2. The van der Waals surface area contributed by atoms with Gasteiger partial charge in [0.2, 0.25) is 22.9 Å². The molecule has 1 aliphatic heterocycles. The van der Waals surface area contributed by atoms with Gasteiger partial charge in [0.1, 0.15) is 11.0 Å². The van der Waals surface area contributed by atoms with Gasteiger partial charge >= 0.3 is 0 Å². The van der Waals surface area contributed by atoms with Gasteiger partial charge in [-0.25, -0.2) is 0 Å². The molecule has 154 valence electrons. The summed E-state index contributed by atoms with van der Waals surface area (Å²) < 4.78 is 0. The first-order valence-electron chi connectivity index (χ1n) is 9.66. The van der Waals surface area contributed by atoms with E-state index in [0.29, 0.717) is 11.6 Å². The number of hydrogen-bond acceptors (Lipinski definition) is 6. The maximum absolute atomic E-state index is 12.7. The maximum Gasteiger partial charge on any atom is 0.249 e. The molecule has 0 radical (unpaired) electrons. The average molecular weight is 416 g/mol. The zero-order valence-corrected chi connectivity index (χ0v) is 17.5. The topological polar surface area (TPSA) is 104 Å². The molecule has 29 heavy (non-hydrogen) atoms. The maximum atomic E-state index is 12.7. The summed E-state index contributed by atoms with van der Waals surface area (Å²) in [6.45, 7) is 5.96. The third-order valence-electron chi connectivity index (χ3n) is 4.68. The van der Waals surface area contributed by atoms with Gasteiger partial charge in [-0.2, -0.15) is 0 Å². The van der Waals surface area contributed by atoms with E-state index < -0.39 is 6.04 Å². The predicted molar refractivity (Wildman–Crippen MR) is 112 cm³/mol. The normalized spacial score (nSPS) is 18.9. The fraction of sp³-hybridized carbons (Fsp3) is 0.450. The van der Waals surface area contributed by atoms with Crippen LogP contribution in [-0.4, -0.2) is 40.0 Å². The fourth-order valence-electron chi connectivity index (χ4n) is 3.22. The number of anilines is 2. The van der Waals surface area contributed by atoms with Crippen LogP contribution in [0.25, 0.3) is 0 Å². The van der Waals surface area contributed by atoms with Crippen molar-refractivity contribution in [3.8, 4) is 0 Å². The predicted octanol–water partition coefficient (Wildman–Crippen LogP) is 2.69. The van der Waals surface area contributed by atoms with E-state index in [4.69, 9.17) is 0 Å². The number of rotatable bonds is 7. The Kier molecular flexibility index (Phi) is 6.58. The molecule has 0 bridgehead atoms. The van der Waals surface area contributed by atoms with Crippen LogP contribution in [0.2, 0.25) is 0 Å². The first-order chi connectivity index (χ1) is 13.8. The zero-order valence-electron chi connectivity index (χ0n) is 16.7. The zero-order chi connectivity index (χ0) is 21.0. The van der Waals surface area contributed by atoms with E-state index in [9.17, 15) is 14.4 Å². The Bertz CT molecular complexity index is 883. The van der Waals surface area contributed by atoms with Gasteiger partial charge in [0.25, 0.3) is 0 Å². The van der Waals surface area contributed by atoms with Crippen LogP contribution in [-0.2, 0) is 14.4 Å². The summed E-state index contributed by atoms with van der Waals surface area (Å²) >= 11 is 1.32. The molecular weight excluding hydrogens is 390 g/mol. The van der Waals surface area contributed by atoms with Crippen LogP contribution in [0.15, 0.2) is 30.3 Å². The van der Waals surface area contributed by atoms with E-state index in [2.05, 4.69) is 20.8 Å². The molecule has 2 aromatic rings. The molecule has 1 aliphatic rings. The minimum atomic E-state index is -0.572. The monoisotopic (exact) mass is 415 g/mol. The quantitative estimate of drug-likeness (QED) is 0.723. The lowest BCUT2D eigenvalue weighted by Crippen LogP contribution is -2.42. The highest BCUT2D eigenvalue weighted by Gasteiger charge is 2.38. The summed E-state index contributed by atoms with van der Waals surface area (Å²) in [6, 6.07) is 8.82. The van der Waals surface area contributed by atoms with Gasteiger partial charge < -0.3 is 15.5 Å². The molecule has 1 aromatic carbocycles. The van der Waals surface area contributed by atoms with Crippen molar-refractivity contribution in [3.05, 3.63) is 35.3 Å². The minimum Gasteiger partial charge on any atom is -0.344 e. The number of nitrogens with zero attached hydrogens (tertiary/aromatic N) is 3. The van der Waals surface area contributed by atoms with Gasteiger partial charge in [-0.05, 0) is 25.5 Å². The Morgan fingerprint density at radius 2 is 1.86 bits per heavy atom. The van der Waals surface area contributed by atoms with E-state index in [1.54, 1.807) is 4.90 Å². The fourth-order valence-corrected chi connectivity index (χ4v) is 3.98. The Morgan fingerprint density at radius 1 is 1.17 bits per heavy atom. The molecule has 1 aromatic heterocycles. The molecule has 3 amide bonds. The smallest absolute Gasteiger partial charge is 0.249 e. The summed E-state index contributed by atoms with van der Waals surface area (Å²) in [5.74, 6) is -0.508. The molecule has 2 N–H and O–H groups in total. The van der Waals surface area contributed by atoms with Crippen LogP contribution >= 0.6 is 11.3 Å². The van der Waals surface area contributed by atoms with Crippen molar-refractivity contribution in [2.45, 2.75) is 58.0 Å². The van der Waals surface area contributed by atoms with Crippen molar-refractivity contribution in [1.82, 2.24) is 15.5 Å². The molecule has 9 heteroatoms. The lowest BCUT2D eigenvalue weighted by molar-refractivity contribution is -0.127. The molecule has 1 fully saturated rings. The molecule has 0 unspecified atom stereocenters. The molecule has 2 heterocycles. The van der Waals surface area contributed by atoms with Crippen LogP contribution in [0.3, 0.4) is 0 Å². The van der Waals surface area contributed by atoms with Gasteiger partial charge in [-0.1, -0.05) is 43.4 Å². The molecule has 0 saturated carbocycles. The van der Waals surface area contributed by atoms with Gasteiger partial charge in [0.05, 0.1) is 0 Å². The summed E-state index contributed by atoms with van der Waals surface area (Å²) in [4.78, 5) is 38.7. The first-order valence-corrected chi connectivity index (χ1v) is 10.5. The van der Waals surface area contributed by atoms with Gasteiger partial charge in [-0.3, -0.25) is 14.4 Å². The highest BCUT2D eigenvalue weighted by molar-refractivity contribution is 7.15. The Hall–Kier alpha value is -2.81. The second kappa shape index (κ2) is 9.13. The van der Waals surface area contributed by atoms with Crippen molar-refractivity contribution in [2.24, 2.45) is 0 Å². The minimum absolute atomic E-state index is 0.00513. The van der Waals surface area contributed by atoms with Crippen LogP contribution < -0.4 is 15.5 Å². The van der Waals surface area contributed by atoms with E-state index >= 15 is 0 Å². The lowest BCUT2D eigenvalue weighted by atomic mass is 10.1. The average Bonchev–Trinajstić information content (AvgIpc) is 3.25. The SMILES string of the molecule is CC(C)c1nnc(NC(=O)CCC(=O)N[C@H]2C[C@H](C)N(c3ccccc3)C2=O)s1.